The second kappa shape index (κ2) is 8.25. The number of carbonyl (C=O) groups is 2. The fourth-order valence-corrected chi connectivity index (χ4v) is 1.75. The Hall–Kier alpha value is -1.26. The van der Waals surface area contributed by atoms with Gasteiger partial charge in [0.25, 0.3) is 0 Å². The maximum Gasteiger partial charge on any atom is 0.408 e. The Morgan fingerprint density at radius 1 is 1.14 bits per heavy atom. The zero-order valence-electron chi connectivity index (χ0n) is 14.8. The van der Waals surface area contributed by atoms with Crippen LogP contribution in [0, 0.1) is 11.8 Å². The first-order valence-corrected chi connectivity index (χ1v) is 7.68. The average molecular weight is 300 g/mol. The zero-order chi connectivity index (χ0) is 16.8. The van der Waals surface area contributed by atoms with Crippen molar-refractivity contribution in [3.8, 4) is 0 Å². The van der Waals surface area contributed by atoms with Gasteiger partial charge in [0.05, 0.1) is 0 Å². The molecule has 124 valence electrons. The molecule has 0 bridgehead atoms. The van der Waals surface area contributed by atoms with Gasteiger partial charge in [0.15, 0.2) is 0 Å². The highest BCUT2D eigenvalue weighted by Gasteiger charge is 2.28. The minimum Gasteiger partial charge on any atom is -0.444 e. The van der Waals surface area contributed by atoms with Crippen LogP contribution in [0.1, 0.15) is 54.9 Å². The molecule has 21 heavy (non-hydrogen) atoms. The summed E-state index contributed by atoms with van der Waals surface area (Å²) in [6.45, 7) is 14.2. The van der Waals surface area contributed by atoms with E-state index in [1.54, 1.807) is 32.7 Å². The third-order valence-electron chi connectivity index (χ3n) is 3.02. The first-order valence-electron chi connectivity index (χ1n) is 7.68. The van der Waals surface area contributed by atoms with Crippen molar-refractivity contribution in [3.05, 3.63) is 0 Å². The van der Waals surface area contributed by atoms with Crippen molar-refractivity contribution in [1.29, 1.82) is 0 Å². The average Bonchev–Trinajstić information content (AvgIpc) is 2.29. The molecule has 5 nitrogen and oxygen atoms in total. The number of amides is 2. The van der Waals surface area contributed by atoms with Crippen LogP contribution in [0.25, 0.3) is 0 Å². The molecule has 0 heterocycles. The van der Waals surface area contributed by atoms with Crippen LogP contribution in [0.15, 0.2) is 0 Å². The minimum absolute atomic E-state index is 0.00604. The van der Waals surface area contributed by atoms with Crippen molar-refractivity contribution >= 4 is 12.0 Å². The van der Waals surface area contributed by atoms with Crippen LogP contribution in [0.5, 0.6) is 0 Å². The van der Waals surface area contributed by atoms with Gasteiger partial charge in [-0.25, -0.2) is 4.79 Å². The number of nitrogens with zero attached hydrogens (tertiary/aromatic N) is 1. The van der Waals surface area contributed by atoms with E-state index in [-0.39, 0.29) is 11.8 Å². The van der Waals surface area contributed by atoms with Crippen LogP contribution in [-0.2, 0) is 9.53 Å². The third kappa shape index (κ3) is 8.58. The summed E-state index contributed by atoms with van der Waals surface area (Å²) < 4.78 is 5.23. The summed E-state index contributed by atoms with van der Waals surface area (Å²) in [6, 6.07) is -0.558. The number of hydrogen-bond donors (Lipinski definition) is 1. The van der Waals surface area contributed by atoms with Gasteiger partial charge in [-0.05, 0) is 39.0 Å². The topological polar surface area (TPSA) is 58.6 Å². The van der Waals surface area contributed by atoms with Gasteiger partial charge in [0.2, 0.25) is 5.91 Å². The molecule has 2 amide bonds. The van der Waals surface area contributed by atoms with E-state index in [1.807, 2.05) is 13.8 Å². The molecule has 0 aromatic heterocycles. The van der Waals surface area contributed by atoms with Crippen molar-refractivity contribution in [2.75, 3.05) is 13.6 Å². The maximum atomic E-state index is 12.5. The lowest BCUT2D eigenvalue weighted by Crippen LogP contribution is -2.51. The Kier molecular flexibility index (Phi) is 7.75. The molecule has 0 aromatic carbocycles. The maximum absolute atomic E-state index is 12.5. The molecule has 0 spiro atoms. The third-order valence-corrected chi connectivity index (χ3v) is 3.02. The number of rotatable bonds is 6. The van der Waals surface area contributed by atoms with Crippen molar-refractivity contribution in [3.63, 3.8) is 0 Å². The van der Waals surface area contributed by atoms with Gasteiger partial charge in [-0.1, -0.05) is 27.7 Å². The minimum atomic E-state index is -0.571. The van der Waals surface area contributed by atoms with Crippen LogP contribution >= 0.6 is 0 Å². The Bertz CT molecular complexity index is 346. The molecule has 0 aliphatic heterocycles. The van der Waals surface area contributed by atoms with Gasteiger partial charge >= 0.3 is 6.09 Å². The molecule has 0 aromatic rings. The molecule has 0 radical (unpaired) electrons. The molecule has 5 heteroatoms. The molecule has 1 unspecified atom stereocenters. The zero-order valence-corrected chi connectivity index (χ0v) is 14.8. The van der Waals surface area contributed by atoms with Gasteiger partial charge in [0.1, 0.15) is 11.6 Å². The summed E-state index contributed by atoms with van der Waals surface area (Å²) in [5.41, 5.74) is -0.571. The fraction of sp³-hybridized carbons (Fsp3) is 0.875. The summed E-state index contributed by atoms with van der Waals surface area (Å²) in [6.07, 6.45) is 0.395. The summed E-state index contributed by atoms with van der Waals surface area (Å²) in [5, 5.41) is 2.69. The smallest absolute Gasteiger partial charge is 0.408 e. The fourth-order valence-electron chi connectivity index (χ4n) is 1.75. The largest absolute Gasteiger partial charge is 0.444 e. The Labute approximate surface area is 129 Å². The quantitative estimate of drug-likeness (QED) is 0.820. The van der Waals surface area contributed by atoms with Crippen LogP contribution in [0.2, 0.25) is 0 Å². The highest BCUT2D eigenvalue weighted by Crippen LogP contribution is 2.11. The van der Waals surface area contributed by atoms with Crippen LogP contribution < -0.4 is 5.32 Å². The number of nitrogens with one attached hydrogen (secondary N) is 1. The van der Waals surface area contributed by atoms with E-state index in [2.05, 4.69) is 19.2 Å². The lowest BCUT2D eigenvalue weighted by Gasteiger charge is -2.28. The molecule has 0 saturated heterocycles. The normalized spacial score (nSPS) is 13.2. The first kappa shape index (κ1) is 19.7. The van der Waals surface area contributed by atoms with E-state index in [9.17, 15) is 9.59 Å². The first-order chi connectivity index (χ1) is 9.44. The second-order valence-electron chi connectivity index (χ2n) is 7.31. The molecule has 1 N–H and O–H groups in total. The summed E-state index contributed by atoms with van der Waals surface area (Å²) in [5.74, 6) is 0.472. The number of likely N-dealkylation sites (N-methyl/N-ethyl adjacent to an activating group) is 1. The molecule has 0 fully saturated rings. The van der Waals surface area contributed by atoms with E-state index < -0.39 is 17.7 Å². The number of carbonyl (C=O) groups excluding carboxylic acids is 2. The lowest BCUT2D eigenvalue weighted by molar-refractivity contribution is -0.133. The van der Waals surface area contributed by atoms with Crippen LogP contribution in [0.3, 0.4) is 0 Å². The molecular formula is C16H32N2O3. The highest BCUT2D eigenvalue weighted by molar-refractivity contribution is 5.85. The monoisotopic (exact) mass is 300 g/mol. The van der Waals surface area contributed by atoms with Crippen molar-refractivity contribution in [2.24, 2.45) is 11.8 Å². The predicted octanol–water partition coefficient (Wildman–Crippen LogP) is 3.04. The van der Waals surface area contributed by atoms with Gasteiger partial charge in [-0.15, -0.1) is 0 Å². The predicted molar refractivity (Wildman–Crippen MR) is 85.1 cm³/mol. The summed E-state index contributed by atoms with van der Waals surface area (Å²) in [7, 11) is 1.77. The number of alkyl carbamates (subject to hydrolysis) is 1. The van der Waals surface area contributed by atoms with E-state index in [4.69, 9.17) is 4.74 Å². The molecular weight excluding hydrogens is 268 g/mol. The van der Waals surface area contributed by atoms with Crippen molar-refractivity contribution < 1.29 is 14.3 Å². The van der Waals surface area contributed by atoms with Gasteiger partial charge < -0.3 is 15.0 Å². The van der Waals surface area contributed by atoms with E-state index >= 15 is 0 Å². The highest BCUT2D eigenvalue weighted by atomic mass is 16.6. The summed E-state index contributed by atoms with van der Waals surface area (Å²) >= 11 is 0. The molecule has 0 rings (SSSR count). The molecule has 1 atom stereocenters. The Balaban J connectivity index is 4.67. The van der Waals surface area contributed by atoms with Crippen LogP contribution in [0.4, 0.5) is 4.79 Å². The summed E-state index contributed by atoms with van der Waals surface area (Å²) in [4.78, 5) is 26.0. The van der Waals surface area contributed by atoms with E-state index in [0.29, 0.717) is 12.5 Å². The van der Waals surface area contributed by atoms with Gasteiger partial charge in [0, 0.05) is 13.6 Å². The SMILES string of the molecule is CC(C)CCN(C)C(=O)C(NC(=O)OC(C)(C)C)C(C)C. The lowest BCUT2D eigenvalue weighted by atomic mass is 10.0. The molecule has 0 aliphatic rings. The van der Waals surface area contributed by atoms with E-state index in [1.165, 1.54) is 0 Å². The van der Waals surface area contributed by atoms with Crippen LogP contribution in [-0.4, -0.2) is 42.1 Å². The Morgan fingerprint density at radius 3 is 2.05 bits per heavy atom. The molecule has 0 saturated carbocycles. The van der Waals surface area contributed by atoms with Crippen molar-refractivity contribution in [2.45, 2.75) is 66.5 Å². The molecule has 0 aliphatic carbocycles. The van der Waals surface area contributed by atoms with Gasteiger partial charge in [-0.3, -0.25) is 4.79 Å². The Morgan fingerprint density at radius 2 is 1.67 bits per heavy atom. The van der Waals surface area contributed by atoms with Crippen molar-refractivity contribution in [1.82, 2.24) is 10.2 Å². The number of ether oxygens (including phenoxy) is 1. The van der Waals surface area contributed by atoms with E-state index in [0.717, 1.165) is 6.42 Å². The second-order valence-corrected chi connectivity index (χ2v) is 7.31. The standard InChI is InChI=1S/C16H32N2O3/c1-11(2)9-10-18(8)14(19)13(12(3)4)17-15(20)21-16(5,6)7/h11-13H,9-10H2,1-8H3,(H,17,20). The number of hydrogen-bond acceptors (Lipinski definition) is 3. The van der Waals surface area contributed by atoms with Gasteiger partial charge in [-0.2, -0.15) is 0 Å².